The first-order valence-electron chi connectivity index (χ1n) is 6.74. The van der Waals surface area contributed by atoms with Crippen LogP contribution in [-0.2, 0) is 13.0 Å². The molecule has 2 N–H and O–H groups in total. The maximum atomic E-state index is 6.30. The summed E-state index contributed by atoms with van der Waals surface area (Å²) in [6.07, 6.45) is 5.55. The number of methoxy groups -OCH3 is 1. The first-order chi connectivity index (χ1) is 9.65. The van der Waals surface area contributed by atoms with Crippen LogP contribution in [0.2, 0.25) is 5.02 Å². The zero-order chi connectivity index (χ0) is 14.5. The number of aryl methyl sites for hydroxylation is 1. The summed E-state index contributed by atoms with van der Waals surface area (Å²) in [6.45, 7) is 3.10. The smallest absolute Gasteiger partial charge is 0.125 e. The van der Waals surface area contributed by atoms with Crippen molar-refractivity contribution < 1.29 is 4.74 Å². The normalized spacial score (nSPS) is 12.4. The molecule has 0 aliphatic carbocycles. The summed E-state index contributed by atoms with van der Waals surface area (Å²) in [7, 11) is 1.62. The van der Waals surface area contributed by atoms with Crippen molar-refractivity contribution in [3.8, 4) is 5.75 Å². The molecule has 0 aliphatic rings. The first-order valence-corrected chi connectivity index (χ1v) is 7.12. The Bertz CT molecular complexity index is 568. The zero-order valence-corrected chi connectivity index (χ0v) is 12.6. The van der Waals surface area contributed by atoms with Crippen LogP contribution in [-0.4, -0.2) is 16.7 Å². The van der Waals surface area contributed by atoms with E-state index in [2.05, 4.69) is 16.5 Å². The molecule has 0 fully saturated rings. The predicted octanol–water partition coefficient (Wildman–Crippen LogP) is 3.20. The van der Waals surface area contributed by atoms with E-state index in [1.165, 1.54) is 0 Å². The fourth-order valence-electron chi connectivity index (χ4n) is 2.27. The zero-order valence-electron chi connectivity index (χ0n) is 11.8. The van der Waals surface area contributed by atoms with Crippen LogP contribution in [0.1, 0.15) is 30.8 Å². The van der Waals surface area contributed by atoms with Gasteiger partial charge in [-0.2, -0.15) is 0 Å². The number of imidazole rings is 1. The number of hydrogen-bond donors (Lipinski definition) is 1. The lowest BCUT2D eigenvalue weighted by Crippen LogP contribution is -2.17. The molecule has 0 spiro atoms. The summed E-state index contributed by atoms with van der Waals surface area (Å²) >= 11 is 5.97. The van der Waals surface area contributed by atoms with E-state index in [0.29, 0.717) is 11.4 Å². The second kappa shape index (κ2) is 6.77. The summed E-state index contributed by atoms with van der Waals surface area (Å²) in [6, 6.07) is 5.37. The predicted molar refractivity (Wildman–Crippen MR) is 81.2 cm³/mol. The van der Waals surface area contributed by atoms with Crippen molar-refractivity contribution in [1.82, 2.24) is 9.55 Å². The third-order valence-corrected chi connectivity index (χ3v) is 3.50. The van der Waals surface area contributed by atoms with E-state index in [1.54, 1.807) is 13.2 Å². The third-order valence-electron chi connectivity index (χ3n) is 3.26. The number of ether oxygens (including phenoxy) is 1. The fraction of sp³-hybridized carbons (Fsp3) is 0.400. The van der Waals surface area contributed by atoms with Crippen LogP contribution in [0.15, 0.2) is 30.6 Å². The molecule has 0 aliphatic heterocycles. The van der Waals surface area contributed by atoms with Crippen LogP contribution in [0.4, 0.5) is 0 Å². The number of benzene rings is 1. The van der Waals surface area contributed by atoms with Gasteiger partial charge in [-0.1, -0.05) is 24.6 Å². The number of hydrogen-bond acceptors (Lipinski definition) is 3. The van der Waals surface area contributed by atoms with Crippen LogP contribution >= 0.6 is 11.6 Å². The van der Waals surface area contributed by atoms with E-state index >= 15 is 0 Å². The molecular weight excluding hydrogens is 274 g/mol. The summed E-state index contributed by atoms with van der Waals surface area (Å²) < 4.78 is 7.49. The Morgan fingerprint density at radius 2 is 2.25 bits per heavy atom. The highest BCUT2D eigenvalue weighted by Gasteiger charge is 2.15. The largest absolute Gasteiger partial charge is 0.496 e. The van der Waals surface area contributed by atoms with Crippen molar-refractivity contribution in [1.29, 1.82) is 0 Å². The number of halogens is 1. The van der Waals surface area contributed by atoms with Crippen molar-refractivity contribution in [3.05, 3.63) is 47.0 Å². The van der Waals surface area contributed by atoms with Gasteiger partial charge >= 0.3 is 0 Å². The second-order valence-corrected chi connectivity index (χ2v) is 5.17. The maximum Gasteiger partial charge on any atom is 0.125 e. The van der Waals surface area contributed by atoms with Crippen molar-refractivity contribution in [2.75, 3.05) is 7.11 Å². The highest BCUT2D eigenvalue weighted by atomic mass is 35.5. The highest BCUT2D eigenvalue weighted by molar-refractivity contribution is 6.30. The lowest BCUT2D eigenvalue weighted by Gasteiger charge is -2.16. The van der Waals surface area contributed by atoms with Crippen LogP contribution < -0.4 is 10.5 Å². The van der Waals surface area contributed by atoms with E-state index in [9.17, 15) is 0 Å². The molecular formula is C15H20ClN3O. The van der Waals surface area contributed by atoms with E-state index in [0.717, 1.165) is 30.1 Å². The summed E-state index contributed by atoms with van der Waals surface area (Å²) in [5.41, 5.74) is 7.25. The minimum Gasteiger partial charge on any atom is -0.496 e. The van der Waals surface area contributed by atoms with Gasteiger partial charge in [-0.05, 0) is 18.6 Å². The summed E-state index contributed by atoms with van der Waals surface area (Å²) in [5.74, 6) is 1.72. The van der Waals surface area contributed by atoms with Crippen LogP contribution in [0.3, 0.4) is 0 Å². The lowest BCUT2D eigenvalue weighted by atomic mass is 10.0. The topological polar surface area (TPSA) is 53.1 Å². The average Bonchev–Trinajstić information content (AvgIpc) is 2.86. The fourth-order valence-corrected chi connectivity index (χ4v) is 2.43. The van der Waals surface area contributed by atoms with Crippen LogP contribution in [0.25, 0.3) is 0 Å². The van der Waals surface area contributed by atoms with Crippen molar-refractivity contribution >= 4 is 11.6 Å². The Labute approximate surface area is 124 Å². The Morgan fingerprint density at radius 3 is 2.95 bits per heavy atom. The molecule has 1 aromatic carbocycles. The van der Waals surface area contributed by atoms with Crippen molar-refractivity contribution in [2.24, 2.45) is 5.73 Å². The van der Waals surface area contributed by atoms with E-state index in [4.69, 9.17) is 22.1 Å². The van der Waals surface area contributed by atoms with E-state index in [-0.39, 0.29) is 6.04 Å². The molecule has 1 unspecified atom stereocenters. The monoisotopic (exact) mass is 293 g/mol. The molecule has 108 valence electrons. The van der Waals surface area contributed by atoms with Crippen LogP contribution in [0.5, 0.6) is 5.75 Å². The molecule has 5 heteroatoms. The van der Waals surface area contributed by atoms with Gasteiger partial charge in [0, 0.05) is 42.0 Å². The quantitative estimate of drug-likeness (QED) is 0.890. The van der Waals surface area contributed by atoms with Gasteiger partial charge in [0.15, 0.2) is 0 Å². The maximum absolute atomic E-state index is 6.30. The number of nitrogens with two attached hydrogens (primary N) is 1. The van der Waals surface area contributed by atoms with Gasteiger partial charge < -0.3 is 15.0 Å². The molecule has 0 saturated carbocycles. The molecule has 1 heterocycles. The van der Waals surface area contributed by atoms with Gasteiger partial charge in [-0.3, -0.25) is 0 Å². The molecule has 1 atom stereocenters. The standard InChI is InChI=1S/C15H20ClN3O/c1-3-7-19-8-6-18-15(19)10-13(17)12-5-4-11(16)9-14(12)20-2/h4-6,8-9,13H,3,7,10,17H2,1-2H3. The molecule has 1 aromatic heterocycles. The number of aromatic nitrogens is 2. The summed E-state index contributed by atoms with van der Waals surface area (Å²) in [5, 5.41) is 0.644. The first kappa shape index (κ1) is 14.9. The highest BCUT2D eigenvalue weighted by Crippen LogP contribution is 2.28. The Balaban J connectivity index is 2.19. The van der Waals surface area contributed by atoms with Crippen molar-refractivity contribution in [3.63, 3.8) is 0 Å². The van der Waals surface area contributed by atoms with Crippen molar-refractivity contribution in [2.45, 2.75) is 32.4 Å². The third kappa shape index (κ3) is 3.32. The summed E-state index contributed by atoms with van der Waals surface area (Å²) in [4.78, 5) is 4.39. The molecule has 2 aromatic rings. The Kier molecular flexibility index (Phi) is 5.04. The van der Waals surface area contributed by atoms with E-state index in [1.807, 2.05) is 24.5 Å². The molecule has 0 bridgehead atoms. The molecule has 0 amide bonds. The van der Waals surface area contributed by atoms with Gasteiger partial charge in [-0.15, -0.1) is 0 Å². The van der Waals surface area contributed by atoms with Gasteiger partial charge in [0.1, 0.15) is 11.6 Å². The van der Waals surface area contributed by atoms with Crippen LogP contribution in [0, 0.1) is 0 Å². The molecule has 2 rings (SSSR count). The SMILES string of the molecule is CCCn1ccnc1CC(N)c1ccc(Cl)cc1OC. The molecule has 20 heavy (non-hydrogen) atoms. The minimum absolute atomic E-state index is 0.166. The number of rotatable bonds is 6. The molecule has 0 radical (unpaired) electrons. The van der Waals surface area contributed by atoms with Gasteiger partial charge in [0.2, 0.25) is 0 Å². The molecule has 0 saturated heterocycles. The lowest BCUT2D eigenvalue weighted by molar-refractivity contribution is 0.405. The average molecular weight is 294 g/mol. The second-order valence-electron chi connectivity index (χ2n) is 4.73. The van der Waals surface area contributed by atoms with Gasteiger partial charge in [0.05, 0.1) is 7.11 Å². The Hall–Kier alpha value is -1.52. The van der Waals surface area contributed by atoms with Gasteiger partial charge in [0.25, 0.3) is 0 Å². The number of nitrogens with zero attached hydrogens (tertiary/aromatic N) is 2. The van der Waals surface area contributed by atoms with Gasteiger partial charge in [-0.25, -0.2) is 4.98 Å². The van der Waals surface area contributed by atoms with E-state index < -0.39 is 0 Å². The molecule has 4 nitrogen and oxygen atoms in total. The minimum atomic E-state index is -0.166. The Morgan fingerprint density at radius 1 is 1.45 bits per heavy atom.